The average molecular weight is 423 g/mol. The number of hydrogen-bond donors (Lipinski definition) is 0. The van der Waals surface area contributed by atoms with E-state index in [-0.39, 0.29) is 0 Å². The first kappa shape index (κ1) is 25.7. The van der Waals surface area contributed by atoms with Crippen molar-refractivity contribution in [3.63, 3.8) is 0 Å². The minimum absolute atomic E-state index is 1.11. The quantitative estimate of drug-likeness (QED) is 0.272. The van der Waals surface area contributed by atoms with E-state index in [4.69, 9.17) is 12.3 Å². The maximum absolute atomic E-state index is 6.82. The Morgan fingerprint density at radius 2 is 1.08 bits per heavy atom. The van der Waals surface area contributed by atoms with E-state index in [0.717, 1.165) is 6.04 Å². The van der Waals surface area contributed by atoms with Crippen molar-refractivity contribution in [1.82, 2.24) is 0 Å². The predicted molar refractivity (Wildman–Crippen MR) is 122 cm³/mol. The second kappa shape index (κ2) is 12.3. The smallest absolute Gasteiger partial charge is 0.315 e. The van der Waals surface area contributed by atoms with Crippen LogP contribution in [0, 0.1) is 0 Å². The zero-order valence-electron chi connectivity index (χ0n) is 18.7. The molecule has 0 aliphatic rings. The molecule has 0 heterocycles. The summed E-state index contributed by atoms with van der Waals surface area (Å²) >= 11 is 0. The third-order valence-electron chi connectivity index (χ3n) is 4.64. The van der Waals surface area contributed by atoms with Crippen molar-refractivity contribution in [2.45, 2.75) is 117 Å². The molecule has 0 saturated heterocycles. The van der Waals surface area contributed by atoms with Crippen molar-refractivity contribution in [2.75, 3.05) is 0 Å². The van der Waals surface area contributed by atoms with E-state index in [1.165, 1.54) is 50.6 Å². The van der Waals surface area contributed by atoms with E-state index in [9.17, 15) is 0 Å². The zero-order valence-corrected chi connectivity index (χ0v) is 22.8. The number of hydrogen-bond acceptors (Lipinski definition) is 3. The fraction of sp³-hybridized carbons (Fsp3) is 1.00. The molecule has 0 saturated carbocycles. The molecule has 0 bridgehead atoms. The van der Waals surface area contributed by atoms with E-state index in [2.05, 4.69) is 60.1 Å². The second-order valence-corrected chi connectivity index (χ2v) is 23.5. The van der Waals surface area contributed by atoms with Gasteiger partial charge in [-0.1, -0.05) is 59.3 Å². The number of rotatable bonds is 15. The van der Waals surface area contributed by atoms with E-state index in [1.807, 2.05) is 0 Å². The molecule has 2 unspecified atom stereocenters. The Morgan fingerprint density at radius 1 is 0.640 bits per heavy atom. The minimum atomic E-state index is -2.13. The molecule has 7 heteroatoms. The van der Waals surface area contributed by atoms with Crippen LogP contribution >= 0.6 is 0 Å². The van der Waals surface area contributed by atoms with Gasteiger partial charge in [0.05, 0.1) is 0 Å². The highest BCUT2D eigenvalue weighted by Crippen LogP contribution is 2.27. The minimum Gasteiger partial charge on any atom is -0.439 e. The van der Waals surface area contributed by atoms with Gasteiger partial charge in [-0.25, -0.2) is 0 Å². The van der Waals surface area contributed by atoms with Crippen LogP contribution in [0.4, 0.5) is 0 Å². The van der Waals surface area contributed by atoms with Gasteiger partial charge in [0, 0.05) is 0 Å². The van der Waals surface area contributed by atoms with Crippen LogP contribution in [0.1, 0.15) is 59.3 Å². The molecule has 25 heavy (non-hydrogen) atoms. The molecule has 0 N–H and O–H groups in total. The maximum atomic E-state index is 6.82. The van der Waals surface area contributed by atoms with Crippen molar-refractivity contribution in [3.05, 3.63) is 0 Å². The van der Waals surface area contributed by atoms with Crippen LogP contribution in [-0.4, -0.2) is 34.5 Å². The Balaban J connectivity index is 4.88. The predicted octanol–water partition coefficient (Wildman–Crippen LogP) is 6.77. The molecular formula is C18H46O3Si4. The molecule has 0 rings (SSSR count). The lowest BCUT2D eigenvalue weighted by atomic mass is 10.4. The molecule has 0 fully saturated rings. The Bertz CT molecular complexity index is 353. The first-order chi connectivity index (χ1) is 11.5. The largest absolute Gasteiger partial charge is 0.439 e. The van der Waals surface area contributed by atoms with Crippen LogP contribution in [0.15, 0.2) is 0 Å². The molecule has 3 nitrogen and oxygen atoms in total. The molecule has 0 aromatic rings. The third kappa shape index (κ3) is 12.7. The summed E-state index contributed by atoms with van der Waals surface area (Å²) in [6, 6.07) is 3.61. The molecule has 2 atom stereocenters. The van der Waals surface area contributed by atoms with Gasteiger partial charge in [-0.3, -0.25) is 0 Å². The normalized spacial score (nSPS) is 16.7. The summed E-state index contributed by atoms with van der Waals surface area (Å²) in [6.07, 6.45) is 7.47. The Kier molecular flexibility index (Phi) is 12.6. The lowest BCUT2D eigenvalue weighted by Crippen LogP contribution is -2.53. The summed E-state index contributed by atoms with van der Waals surface area (Å²) in [4.78, 5) is 0. The molecule has 0 radical (unpaired) electrons. The SMILES string of the molecule is CCCC[Si](C)(C)O[SiH](C)O[Si](C)(CCCC)O[Si](C)(C)CCCC. The van der Waals surface area contributed by atoms with Crippen molar-refractivity contribution >= 4 is 34.5 Å². The molecule has 0 aromatic carbocycles. The van der Waals surface area contributed by atoms with Crippen LogP contribution in [0.25, 0.3) is 0 Å². The summed E-state index contributed by atoms with van der Waals surface area (Å²) in [5.41, 5.74) is 0. The van der Waals surface area contributed by atoms with Gasteiger partial charge in [0.2, 0.25) is 0 Å². The Hall–Kier alpha value is 0.748. The van der Waals surface area contributed by atoms with Gasteiger partial charge in [-0.05, 0) is 57.4 Å². The third-order valence-corrected chi connectivity index (χ3v) is 20.2. The topological polar surface area (TPSA) is 27.7 Å². The summed E-state index contributed by atoms with van der Waals surface area (Å²) < 4.78 is 20.0. The molecule has 0 aliphatic carbocycles. The molecule has 0 aliphatic heterocycles. The summed E-state index contributed by atoms with van der Waals surface area (Å²) in [5, 5.41) is 0. The van der Waals surface area contributed by atoms with Crippen LogP contribution in [-0.2, 0) is 12.3 Å². The Labute approximate surface area is 163 Å². The lowest BCUT2D eigenvalue weighted by Gasteiger charge is -2.39. The van der Waals surface area contributed by atoms with Crippen molar-refractivity contribution in [2.24, 2.45) is 0 Å². The molecule has 0 amide bonds. The highest BCUT2D eigenvalue weighted by atomic mass is 28.5. The zero-order chi connectivity index (χ0) is 19.6. The highest BCUT2D eigenvalue weighted by Gasteiger charge is 2.40. The fourth-order valence-electron chi connectivity index (χ4n) is 3.36. The van der Waals surface area contributed by atoms with Crippen LogP contribution in [0.5, 0.6) is 0 Å². The highest BCUT2D eigenvalue weighted by molar-refractivity contribution is 6.86. The fourth-order valence-corrected chi connectivity index (χ4v) is 20.9. The maximum Gasteiger partial charge on any atom is 0.315 e. The van der Waals surface area contributed by atoms with E-state index in [1.54, 1.807) is 0 Å². The first-order valence-electron chi connectivity index (χ1n) is 10.5. The van der Waals surface area contributed by atoms with E-state index >= 15 is 0 Å². The standard InChI is InChI=1S/C18H46O3Si4/c1-10-13-16-23(5,6)19-22(4)20-25(9,18-15-12-3)21-24(7,8)17-14-11-2/h22H,10-18H2,1-9H3. The van der Waals surface area contributed by atoms with Gasteiger partial charge >= 0.3 is 8.56 Å². The van der Waals surface area contributed by atoms with Crippen LogP contribution in [0.2, 0.25) is 57.4 Å². The summed E-state index contributed by atoms with van der Waals surface area (Å²) in [5.74, 6) is 0. The van der Waals surface area contributed by atoms with Gasteiger partial charge in [0.25, 0.3) is 9.28 Å². The molecule has 0 aromatic heterocycles. The van der Waals surface area contributed by atoms with Crippen molar-refractivity contribution in [1.29, 1.82) is 0 Å². The van der Waals surface area contributed by atoms with Crippen molar-refractivity contribution < 1.29 is 12.3 Å². The first-order valence-corrected chi connectivity index (χ1v) is 21.4. The van der Waals surface area contributed by atoms with E-state index < -0.39 is 34.5 Å². The Morgan fingerprint density at radius 3 is 1.56 bits per heavy atom. The lowest BCUT2D eigenvalue weighted by molar-refractivity contribution is 0.338. The summed E-state index contributed by atoms with van der Waals surface area (Å²) in [7, 11) is -6.99. The molecule has 152 valence electrons. The van der Waals surface area contributed by atoms with E-state index in [0.29, 0.717) is 0 Å². The van der Waals surface area contributed by atoms with Crippen LogP contribution in [0.3, 0.4) is 0 Å². The molecule has 0 spiro atoms. The van der Waals surface area contributed by atoms with Gasteiger partial charge in [0.1, 0.15) is 0 Å². The van der Waals surface area contributed by atoms with Gasteiger partial charge in [-0.2, -0.15) is 0 Å². The summed E-state index contributed by atoms with van der Waals surface area (Å²) in [6.45, 7) is 20.7. The molecular weight excluding hydrogens is 377 g/mol. The van der Waals surface area contributed by atoms with Gasteiger partial charge < -0.3 is 12.3 Å². The van der Waals surface area contributed by atoms with Crippen molar-refractivity contribution in [3.8, 4) is 0 Å². The van der Waals surface area contributed by atoms with Gasteiger partial charge in [0.15, 0.2) is 16.6 Å². The van der Waals surface area contributed by atoms with Gasteiger partial charge in [-0.15, -0.1) is 0 Å². The van der Waals surface area contributed by atoms with Crippen LogP contribution < -0.4 is 0 Å². The number of unbranched alkanes of at least 4 members (excludes halogenated alkanes) is 3. The second-order valence-electron chi connectivity index (χ2n) is 8.87. The monoisotopic (exact) mass is 422 g/mol. The average Bonchev–Trinajstić information content (AvgIpc) is 2.47.